The summed E-state index contributed by atoms with van der Waals surface area (Å²) in [6, 6.07) is 7.49. The van der Waals surface area contributed by atoms with Crippen molar-refractivity contribution in [3.8, 4) is 0 Å². The molecule has 1 aromatic rings. The summed E-state index contributed by atoms with van der Waals surface area (Å²) in [5.41, 5.74) is 1.80. The molecule has 0 bridgehead atoms. The predicted octanol–water partition coefficient (Wildman–Crippen LogP) is 2.86. The molecule has 1 N–H and O–H groups in total. The van der Waals surface area contributed by atoms with Crippen LogP contribution in [0.5, 0.6) is 0 Å². The van der Waals surface area contributed by atoms with E-state index in [9.17, 15) is 19.2 Å². The van der Waals surface area contributed by atoms with Crippen LogP contribution in [0.2, 0.25) is 0 Å². The molecule has 156 valence electrons. The Labute approximate surface area is 170 Å². The summed E-state index contributed by atoms with van der Waals surface area (Å²) < 4.78 is 4.99. The molecule has 3 rings (SSSR count). The summed E-state index contributed by atoms with van der Waals surface area (Å²) in [7, 11) is 0. The van der Waals surface area contributed by atoms with Crippen LogP contribution in [0.25, 0.3) is 0 Å². The van der Waals surface area contributed by atoms with Gasteiger partial charge >= 0.3 is 5.97 Å². The summed E-state index contributed by atoms with van der Waals surface area (Å²) >= 11 is 0. The third kappa shape index (κ3) is 5.02. The van der Waals surface area contributed by atoms with Crippen LogP contribution in [-0.4, -0.2) is 41.7 Å². The second-order valence-electron chi connectivity index (χ2n) is 8.06. The number of carbonyl (C=O) groups excluding carboxylic acids is 4. The Bertz CT molecular complexity index is 763. The first-order chi connectivity index (χ1) is 13.9. The lowest BCUT2D eigenvalue weighted by atomic mass is 9.81. The van der Waals surface area contributed by atoms with Crippen LogP contribution in [-0.2, 0) is 23.9 Å². The number of esters is 1. The van der Waals surface area contributed by atoms with E-state index in [4.69, 9.17) is 4.74 Å². The fourth-order valence-electron chi connectivity index (χ4n) is 4.02. The highest BCUT2D eigenvalue weighted by atomic mass is 16.5. The number of amides is 3. The summed E-state index contributed by atoms with van der Waals surface area (Å²) in [5, 5.41) is 2.67. The fraction of sp³-hybridized carbons (Fsp3) is 0.545. The van der Waals surface area contributed by atoms with E-state index >= 15 is 0 Å². The first kappa shape index (κ1) is 21.0. The van der Waals surface area contributed by atoms with Crippen molar-refractivity contribution < 1.29 is 23.9 Å². The van der Waals surface area contributed by atoms with Crippen molar-refractivity contribution in [2.75, 3.05) is 18.5 Å². The monoisotopic (exact) mass is 400 g/mol. The molecule has 29 heavy (non-hydrogen) atoms. The third-order valence-electron chi connectivity index (χ3n) is 5.70. The molecule has 2 fully saturated rings. The highest BCUT2D eigenvalue weighted by molar-refractivity contribution is 6.05. The Balaban J connectivity index is 1.41. The number of likely N-dealkylation sites (tertiary alicyclic amines) is 1. The number of rotatable bonds is 7. The molecule has 1 saturated heterocycles. The number of anilines is 1. The van der Waals surface area contributed by atoms with E-state index in [-0.39, 0.29) is 36.6 Å². The number of fused-ring (bicyclic) bond motifs is 1. The minimum absolute atomic E-state index is 0.0157. The molecule has 1 aliphatic carbocycles. The smallest absolute Gasteiger partial charge is 0.308 e. The van der Waals surface area contributed by atoms with Gasteiger partial charge in [0.2, 0.25) is 11.8 Å². The lowest BCUT2D eigenvalue weighted by Gasteiger charge is -2.19. The van der Waals surface area contributed by atoms with Gasteiger partial charge in [-0.2, -0.15) is 0 Å². The summed E-state index contributed by atoms with van der Waals surface area (Å²) in [6.45, 7) is 3.79. The SMILES string of the molecule is CC(C)c1ccc(NC(=O)COC(=O)CCN2C(=O)[C@H]3CCCC[C@@H]3C2=O)cc1. The van der Waals surface area contributed by atoms with E-state index in [1.807, 2.05) is 12.1 Å². The molecule has 1 saturated carbocycles. The summed E-state index contributed by atoms with van der Waals surface area (Å²) in [5.74, 6) is -1.43. The van der Waals surface area contributed by atoms with Gasteiger partial charge in [-0.3, -0.25) is 24.1 Å². The zero-order valence-corrected chi connectivity index (χ0v) is 17.0. The number of nitrogens with zero attached hydrogens (tertiary/aromatic N) is 1. The Hall–Kier alpha value is -2.70. The van der Waals surface area contributed by atoms with Crippen molar-refractivity contribution in [1.82, 2.24) is 4.90 Å². The average Bonchev–Trinajstić information content (AvgIpc) is 2.95. The van der Waals surface area contributed by atoms with Crippen molar-refractivity contribution >= 4 is 29.4 Å². The molecule has 1 heterocycles. The lowest BCUT2D eigenvalue weighted by molar-refractivity contribution is -0.148. The molecule has 3 amide bonds. The lowest BCUT2D eigenvalue weighted by Crippen LogP contribution is -2.33. The second kappa shape index (κ2) is 9.20. The number of benzene rings is 1. The first-order valence-corrected chi connectivity index (χ1v) is 10.3. The zero-order valence-electron chi connectivity index (χ0n) is 17.0. The van der Waals surface area contributed by atoms with Gasteiger partial charge in [0, 0.05) is 12.2 Å². The number of imide groups is 1. The zero-order chi connectivity index (χ0) is 21.0. The molecule has 1 aromatic carbocycles. The van der Waals surface area contributed by atoms with E-state index in [2.05, 4.69) is 19.2 Å². The third-order valence-corrected chi connectivity index (χ3v) is 5.70. The summed E-state index contributed by atoms with van der Waals surface area (Å²) in [6.07, 6.45) is 3.31. The second-order valence-corrected chi connectivity index (χ2v) is 8.06. The largest absolute Gasteiger partial charge is 0.456 e. The van der Waals surface area contributed by atoms with Gasteiger partial charge in [0.15, 0.2) is 6.61 Å². The van der Waals surface area contributed by atoms with Gasteiger partial charge in [0.05, 0.1) is 18.3 Å². The Kier molecular flexibility index (Phi) is 6.67. The highest BCUT2D eigenvalue weighted by Crippen LogP contribution is 2.37. The predicted molar refractivity (Wildman–Crippen MR) is 107 cm³/mol. The van der Waals surface area contributed by atoms with Crippen molar-refractivity contribution in [1.29, 1.82) is 0 Å². The van der Waals surface area contributed by atoms with Crippen molar-refractivity contribution in [3.05, 3.63) is 29.8 Å². The minimum atomic E-state index is -0.606. The molecule has 0 aromatic heterocycles. The van der Waals surface area contributed by atoms with Gasteiger partial charge in [-0.1, -0.05) is 38.8 Å². The highest BCUT2D eigenvalue weighted by Gasteiger charge is 2.47. The fourth-order valence-corrected chi connectivity index (χ4v) is 4.02. The molecule has 1 aliphatic heterocycles. The first-order valence-electron chi connectivity index (χ1n) is 10.3. The van der Waals surface area contributed by atoms with Crippen LogP contribution in [0, 0.1) is 11.8 Å². The molecule has 0 radical (unpaired) electrons. The number of hydrogen-bond acceptors (Lipinski definition) is 5. The normalized spacial score (nSPS) is 21.3. The van der Waals surface area contributed by atoms with Crippen molar-refractivity contribution in [2.45, 2.75) is 51.9 Å². The molecule has 2 aliphatic rings. The average molecular weight is 400 g/mol. The number of ether oxygens (including phenoxy) is 1. The van der Waals surface area contributed by atoms with Crippen LogP contribution in [0.15, 0.2) is 24.3 Å². The van der Waals surface area contributed by atoms with Crippen LogP contribution >= 0.6 is 0 Å². The van der Waals surface area contributed by atoms with E-state index in [1.54, 1.807) is 12.1 Å². The topological polar surface area (TPSA) is 92.8 Å². The Morgan fingerprint density at radius 1 is 1.07 bits per heavy atom. The summed E-state index contributed by atoms with van der Waals surface area (Å²) in [4.78, 5) is 49.9. The van der Waals surface area contributed by atoms with Crippen LogP contribution in [0.3, 0.4) is 0 Å². The van der Waals surface area contributed by atoms with E-state index in [1.165, 1.54) is 10.5 Å². The molecular formula is C22H28N2O5. The molecule has 0 unspecified atom stereocenters. The van der Waals surface area contributed by atoms with Crippen molar-refractivity contribution in [2.24, 2.45) is 11.8 Å². The Morgan fingerprint density at radius 3 is 2.21 bits per heavy atom. The standard InChI is InChI=1S/C22H28N2O5/c1-14(2)15-7-9-16(10-8-15)23-19(25)13-29-20(26)11-12-24-21(27)17-5-3-4-6-18(17)22(24)28/h7-10,14,17-18H,3-6,11-13H2,1-2H3,(H,23,25)/t17-,18-/m0/s1. The van der Waals surface area contributed by atoms with Gasteiger partial charge in [-0.05, 0) is 36.5 Å². The number of nitrogens with one attached hydrogen (secondary N) is 1. The van der Waals surface area contributed by atoms with Gasteiger partial charge in [0.25, 0.3) is 5.91 Å². The van der Waals surface area contributed by atoms with Crippen LogP contribution < -0.4 is 5.32 Å². The van der Waals surface area contributed by atoms with E-state index in [0.29, 0.717) is 11.6 Å². The molecule has 7 nitrogen and oxygen atoms in total. The minimum Gasteiger partial charge on any atom is -0.456 e. The molecule has 2 atom stereocenters. The number of hydrogen-bond donors (Lipinski definition) is 1. The maximum absolute atomic E-state index is 12.4. The van der Waals surface area contributed by atoms with Gasteiger partial charge in [0.1, 0.15) is 0 Å². The van der Waals surface area contributed by atoms with Crippen molar-refractivity contribution in [3.63, 3.8) is 0 Å². The molecular weight excluding hydrogens is 372 g/mol. The molecule has 0 spiro atoms. The number of carbonyl (C=O) groups is 4. The van der Waals surface area contributed by atoms with E-state index < -0.39 is 18.5 Å². The van der Waals surface area contributed by atoms with Crippen LogP contribution in [0.4, 0.5) is 5.69 Å². The van der Waals surface area contributed by atoms with E-state index in [0.717, 1.165) is 25.7 Å². The quantitative estimate of drug-likeness (QED) is 0.561. The van der Waals surface area contributed by atoms with Gasteiger partial charge in [-0.25, -0.2) is 0 Å². The van der Waals surface area contributed by atoms with Gasteiger partial charge < -0.3 is 10.1 Å². The maximum atomic E-state index is 12.4. The molecule has 7 heteroatoms. The van der Waals surface area contributed by atoms with Crippen LogP contribution in [0.1, 0.15) is 57.4 Å². The van der Waals surface area contributed by atoms with Gasteiger partial charge in [-0.15, -0.1) is 0 Å². The Morgan fingerprint density at radius 2 is 1.66 bits per heavy atom. The maximum Gasteiger partial charge on any atom is 0.308 e.